The molecule has 0 heterocycles. The van der Waals surface area contributed by atoms with E-state index in [-0.39, 0.29) is 6.10 Å². The van der Waals surface area contributed by atoms with Gasteiger partial charge in [0.15, 0.2) is 23.0 Å². The molecule has 1 N–H and O–H groups in total. The quantitative estimate of drug-likeness (QED) is 0.561. The van der Waals surface area contributed by atoms with Gasteiger partial charge >= 0.3 is 0 Å². The smallest absolute Gasteiger partial charge is 0.161 e. The van der Waals surface area contributed by atoms with E-state index in [1.165, 1.54) is 0 Å². The molecule has 2 aromatic rings. The Morgan fingerprint density at radius 2 is 1.40 bits per heavy atom. The fraction of sp³-hybridized carbons (Fsp3) is 0.417. The number of rotatable bonds is 12. The van der Waals surface area contributed by atoms with Crippen LogP contribution in [0.4, 0.5) is 0 Å². The average molecular weight is 417 g/mol. The molecule has 0 radical (unpaired) electrons. The molecule has 0 aliphatic carbocycles. The Balaban J connectivity index is 1.93. The molecule has 0 aliphatic rings. The molecule has 2 rings (SSSR count). The molecule has 0 fully saturated rings. The van der Waals surface area contributed by atoms with Gasteiger partial charge in [-0.2, -0.15) is 0 Å². The Morgan fingerprint density at radius 1 is 0.800 bits per heavy atom. The van der Waals surface area contributed by atoms with Gasteiger partial charge in [-0.05, 0) is 48.2 Å². The van der Waals surface area contributed by atoms with Crippen LogP contribution >= 0.6 is 0 Å². The van der Waals surface area contributed by atoms with Crippen molar-refractivity contribution in [2.75, 3.05) is 35.5 Å². The molecule has 6 nitrogen and oxygen atoms in total. The lowest BCUT2D eigenvalue weighted by atomic mass is 10.0. The number of hydrogen-bond acceptors (Lipinski definition) is 6. The van der Waals surface area contributed by atoms with Crippen molar-refractivity contribution in [2.24, 2.45) is 0 Å². The summed E-state index contributed by atoms with van der Waals surface area (Å²) in [5.41, 5.74) is 2.05. The lowest BCUT2D eigenvalue weighted by Crippen LogP contribution is -2.18. The Hall–Kier alpha value is -2.70. The van der Waals surface area contributed by atoms with Crippen LogP contribution in [-0.2, 0) is 11.2 Å². The third-order valence-corrected chi connectivity index (χ3v) is 4.93. The van der Waals surface area contributed by atoms with Gasteiger partial charge in [0.25, 0.3) is 0 Å². The number of benzene rings is 2. The third-order valence-electron chi connectivity index (χ3n) is 4.93. The predicted molar refractivity (Wildman–Crippen MR) is 118 cm³/mol. The van der Waals surface area contributed by atoms with Gasteiger partial charge in [-0.1, -0.05) is 24.3 Å². The van der Waals surface area contributed by atoms with Gasteiger partial charge in [-0.15, -0.1) is 0 Å². The number of aliphatic hydroxyl groups excluding tert-OH is 1. The molecule has 0 saturated heterocycles. The zero-order valence-electron chi connectivity index (χ0n) is 18.4. The first-order valence-electron chi connectivity index (χ1n) is 9.86. The molecule has 1 unspecified atom stereocenters. The highest BCUT2D eigenvalue weighted by Gasteiger charge is 2.13. The predicted octanol–water partition coefficient (Wildman–Crippen LogP) is 4.13. The Bertz CT molecular complexity index is 817. The van der Waals surface area contributed by atoms with Crippen molar-refractivity contribution >= 4 is 6.08 Å². The van der Waals surface area contributed by atoms with Crippen LogP contribution in [0.5, 0.6) is 23.0 Å². The minimum absolute atomic E-state index is 0.196. The van der Waals surface area contributed by atoms with Gasteiger partial charge in [0.1, 0.15) is 0 Å². The largest absolute Gasteiger partial charge is 0.493 e. The van der Waals surface area contributed by atoms with Gasteiger partial charge in [0, 0.05) is 13.5 Å². The van der Waals surface area contributed by atoms with Gasteiger partial charge in [-0.3, -0.25) is 0 Å². The first kappa shape index (κ1) is 23.6. The van der Waals surface area contributed by atoms with Gasteiger partial charge in [0.05, 0.1) is 40.6 Å². The van der Waals surface area contributed by atoms with Crippen molar-refractivity contribution < 1.29 is 28.8 Å². The monoisotopic (exact) mass is 416 g/mol. The molecule has 30 heavy (non-hydrogen) atoms. The molecule has 164 valence electrons. The van der Waals surface area contributed by atoms with E-state index in [9.17, 15) is 5.11 Å². The maximum atomic E-state index is 10.5. The summed E-state index contributed by atoms with van der Waals surface area (Å²) in [7, 11) is 8.09. The van der Waals surface area contributed by atoms with Gasteiger partial charge in [0.2, 0.25) is 0 Å². The van der Waals surface area contributed by atoms with Gasteiger partial charge < -0.3 is 28.8 Å². The molecule has 0 spiro atoms. The van der Waals surface area contributed by atoms with Crippen molar-refractivity contribution in [3.05, 3.63) is 53.6 Å². The Labute approximate surface area is 179 Å². The zero-order valence-corrected chi connectivity index (χ0v) is 18.4. The fourth-order valence-electron chi connectivity index (χ4n) is 3.18. The lowest BCUT2D eigenvalue weighted by molar-refractivity contribution is 0.0685. The molecule has 0 amide bonds. The topological polar surface area (TPSA) is 66.4 Å². The van der Waals surface area contributed by atoms with E-state index in [0.29, 0.717) is 35.8 Å². The maximum absolute atomic E-state index is 10.5. The van der Waals surface area contributed by atoms with Crippen molar-refractivity contribution in [1.82, 2.24) is 0 Å². The number of aryl methyl sites for hydroxylation is 1. The average Bonchev–Trinajstić information content (AvgIpc) is 2.79. The number of methoxy groups -OCH3 is 5. The SMILES string of the molecule is COc1ccc(/C=C/C(C[C@H](O)CCc2ccc(OC)c(OC)c2)OC)cc1OC. The van der Waals surface area contributed by atoms with E-state index in [0.717, 1.165) is 17.5 Å². The minimum atomic E-state index is -0.488. The highest BCUT2D eigenvalue weighted by Crippen LogP contribution is 2.29. The second-order valence-corrected chi connectivity index (χ2v) is 6.87. The summed E-state index contributed by atoms with van der Waals surface area (Å²) in [4.78, 5) is 0. The Morgan fingerprint density at radius 3 is 2.00 bits per heavy atom. The summed E-state index contributed by atoms with van der Waals surface area (Å²) >= 11 is 0. The van der Waals surface area contributed by atoms with E-state index in [2.05, 4.69) is 0 Å². The standard InChI is InChI=1S/C24H32O6/c1-26-20(11-7-18-9-13-22(28-3)24(15-18)30-5)16-19(25)10-6-17-8-12-21(27-2)23(14-17)29-4/h7-9,11-15,19-20,25H,6,10,16H2,1-5H3/b11-7+/t19-,20?/m1/s1. The summed E-state index contributed by atoms with van der Waals surface area (Å²) in [6, 6.07) is 11.5. The second kappa shape index (κ2) is 12.1. The molecule has 2 aromatic carbocycles. The summed E-state index contributed by atoms with van der Waals surface area (Å²) in [5.74, 6) is 2.74. The molecule has 0 bridgehead atoms. The molecular weight excluding hydrogens is 384 g/mol. The number of ether oxygens (including phenoxy) is 5. The van der Waals surface area contributed by atoms with Crippen LogP contribution in [0.1, 0.15) is 24.0 Å². The fourth-order valence-corrected chi connectivity index (χ4v) is 3.18. The molecule has 0 aromatic heterocycles. The first-order chi connectivity index (χ1) is 14.5. The summed E-state index contributed by atoms with van der Waals surface area (Å²) in [5, 5.41) is 10.5. The van der Waals surface area contributed by atoms with E-state index in [4.69, 9.17) is 23.7 Å². The number of aliphatic hydroxyl groups is 1. The molecule has 0 aliphatic heterocycles. The van der Waals surface area contributed by atoms with Crippen LogP contribution in [-0.4, -0.2) is 52.9 Å². The molecule has 6 heteroatoms. The van der Waals surface area contributed by atoms with Crippen LogP contribution in [0.15, 0.2) is 42.5 Å². The van der Waals surface area contributed by atoms with Crippen molar-refractivity contribution in [2.45, 2.75) is 31.5 Å². The van der Waals surface area contributed by atoms with Crippen molar-refractivity contribution in [1.29, 1.82) is 0 Å². The first-order valence-corrected chi connectivity index (χ1v) is 9.86. The normalized spacial score (nSPS) is 13.1. The van der Waals surface area contributed by atoms with E-state index in [1.54, 1.807) is 35.5 Å². The van der Waals surface area contributed by atoms with E-state index >= 15 is 0 Å². The zero-order chi connectivity index (χ0) is 21.9. The minimum Gasteiger partial charge on any atom is -0.493 e. The van der Waals surface area contributed by atoms with Crippen LogP contribution < -0.4 is 18.9 Å². The second-order valence-electron chi connectivity index (χ2n) is 6.87. The third kappa shape index (κ3) is 6.68. The highest BCUT2D eigenvalue weighted by atomic mass is 16.5. The number of hydrogen-bond donors (Lipinski definition) is 1. The van der Waals surface area contributed by atoms with Crippen LogP contribution in [0, 0.1) is 0 Å². The van der Waals surface area contributed by atoms with Crippen molar-refractivity contribution in [3.8, 4) is 23.0 Å². The van der Waals surface area contributed by atoms with Crippen molar-refractivity contribution in [3.63, 3.8) is 0 Å². The molecule has 0 saturated carbocycles. The summed E-state index contributed by atoms with van der Waals surface area (Å²) < 4.78 is 26.7. The summed E-state index contributed by atoms with van der Waals surface area (Å²) in [6.45, 7) is 0. The molecular formula is C24H32O6. The van der Waals surface area contributed by atoms with Gasteiger partial charge in [-0.25, -0.2) is 0 Å². The Kier molecular flexibility index (Phi) is 9.51. The lowest BCUT2D eigenvalue weighted by Gasteiger charge is -2.17. The highest BCUT2D eigenvalue weighted by molar-refractivity contribution is 5.56. The van der Waals surface area contributed by atoms with E-state index < -0.39 is 6.10 Å². The summed E-state index contributed by atoms with van der Waals surface area (Å²) in [6.07, 6.45) is 5.08. The van der Waals surface area contributed by atoms with Crippen LogP contribution in [0.3, 0.4) is 0 Å². The molecule has 2 atom stereocenters. The maximum Gasteiger partial charge on any atom is 0.161 e. The van der Waals surface area contributed by atoms with E-state index in [1.807, 2.05) is 48.6 Å². The van der Waals surface area contributed by atoms with Crippen LogP contribution in [0.25, 0.3) is 6.08 Å². The van der Waals surface area contributed by atoms with Crippen LogP contribution in [0.2, 0.25) is 0 Å².